The lowest BCUT2D eigenvalue weighted by atomic mass is 10.0. The van der Waals surface area contributed by atoms with Crippen molar-refractivity contribution < 1.29 is 14.3 Å². The molecule has 0 aliphatic rings. The van der Waals surface area contributed by atoms with Crippen molar-refractivity contribution in [2.75, 3.05) is 13.2 Å². The van der Waals surface area contributed by atoms with Gasteiger partial charge in [-0.25, -0.2) is 9.78 Å². The average molecular weight is 312 g/mol. The van der Waals surface area contributed by atoms with Gasteiger partial charge in [-0.2, -0.15) is 0 Å². The van der Waals surface area contributed by atoms with E-state index >= 15 is 0 Å². The van der Waals surface area contributed by atoms with Gasteiger partial charge in [-0.3, -0.25) is 0 Å². The third-order valence-electron chi connectivity index (χ3n) is 3.84. The summed E-state index contributed by atoms with van der Waals surface area (Å²) in [5.41, 5.74) is 3.21. The lowest BCUT2D eigenvalue weighted by Crippen LogP contribution is -2.10. The van der Waals surface area contributed by atoms with Crippen LogP contribution in [0.1, 0.15) is 36.8 Å². The molecule has 0 fully saturated rings. The van der Waals surface area contributed by atoms with Crippen LogP contribution in [0.15, 0.2) is 24.4 Å². The highest BCUT2D eigenvalue weighted by atomic mass is 16.5. The van der Waals surface area contributed by atoms with E-state index in [9.17, 15) is 4.79 Å². The molecule has 0 amide bonds. The van der Waals surface area contributed by atoms with Crippen LogP contribution >= 0.6 is 0 Å². The first-order valence-electron chi connectivity index (χ1n) is 7.92. The second-order valence-electron chi connectivity index (χ2n) is 5.21. The quantitative estimate of drug-likeness (QED) is 0.727. The number of aromatic amines is 1. The van der Waals surface area contributed by atoms with E-state index in [0.29, 0.717) is 25.3 Å². The molecule has 3 rings (SSSR count). The molecule has 0 saturated carbocycles. The number of aryl methyl sites for hydroxylation is 1. The van der Waals surface area contributed by atoms with E-state index in [0.717, 1.165) is 33.1 Å². The van der Waals surface area contributed by atoms with Crippen molar-refractivity contribution >= 4 is 27.8 Å². The number of aromatic nitrogens is 2. The normalized spacial score (nSPS) is 11.1. The molecular formula is C18H20N2O3. The molecule has 120 valence electrons. The number of pyridine rings is 1. The van der Waals surface area contributed by atoms with Crippen LogP contribution in [-0.2, 0) is 11.2 Å². The highest BCUT2D eigenvalue weighted by Crippen LogP contribution is 2.32. The molecule has 5 heteroatoms. The number of fused-ring (bicyclic) bond motifs is 3. The van der Waals surface area contributed by atoms with Crippen LogP contribution in [0, 0.1) is 0 Å². The van der Waals surface area contributed by atoms with Gasteiger partial charge in [-0.15, -0.1) is 0 Å². The molecular weight excluding hydrogens is 292 g/mol. The third kappa shape index (κ3) is 2.63. The second-order valence-corrected chi connectivity index (χ2v) is 5.21. The number of nitrogens with zero attached hydrogens (tertiary/aromatic N) is 1. The molecule has 23 heavy (non-hydrogen) atoms. The number of esters is 1. The number of carbonyl (C=O) groups excluding carboxylic acids is 1. The molecule has 3 aromatic rings. The molecule has 2 aromatic heterocycles. The van der Waals surface area contributed by atoms with E-state index in [2.05, 4.69) is 9.97 Å². The van der Waals surface area contributed by atoms with Gasteiger partial charge in [-0.05, 0) is 44.0 Å². The van der Waals surface area contributed by atoms with Gasteiger partial charge in [0.15, 0.2) is 5.69 Å². The SMILES string of the molecule is CCOC(=O)c1ncc2[nH]c3ccc(OCC)cc3c2c1CC. The van der Waals surface area contributed by atoms with Gasteiger partial charge >= 0.3 is 5.97 Å². The Kier molecular flexibility index (Phi) is 4.19. The smallest absolute Gasteiger partial charge is 0.357 e. The van der Waals surface area contributed by atoms with Crippen LogP contribution in [-0.4, -0.2) is 29.2 Å². The summed E-state index contributed by atoms with van der Waals surface area (Å²) in [6.45, 7) is 6.72. The summed E-state index contributed by atoms with van der Waals surface area (Å²) in [6, 6.07) is 5.93. The van der Waals surface area contributed by atoms with Crippen molar-refractivity contribution in [1.29, 1.82) is 0 Å². The number of benzene rings is 1. The molecule has 1 aromatic carbocycles. The fraction of sp³-hybridized carbons (Fsp3) is 0.333. The molecule has 0 aliphatic heterocycles. The summed E-state index contributed by atoms with van der Waals surface area (Å²) in [7, 11) is 0. The van der Waals surface area contributed by atoms with E-state index in [-0.39, 0.29) is 5.97 Å². The van der Waals surface area contributed by atoms with Crippen molar-refractivity contribution in [2.24, 2.45) is 0 Å². The highest BCUT2D eigenvalue weighted by Gasteiger charge is 2.19. The molecule has 1 N–H and O–H groups in total. The van der Waals surface area contributed by atoms with Crippen LogP contribution in [0.25, 0.3) is 21.8 Å². The molecule has 0 aliphatic carbocycles. The summed E-state index contributed by atoms with van der Waals surface area (Å²) in [5.74, 6) is 0.444. The molecule has 0 bridgehead atoms. The predicted molar refractivity (Wildman–Crippen MR) is 90.1 cm³/mol. The standard InChI is InChI=1S/C18H20N2O3/c1-4-12-16-13-9-11(22-5-2)7-8-14(13)20-15(16)10-19-17(12)18(21)23-6-3/h7-10,20H,4-6H2,1-3H3. The first kappa shape index (κ1) is 15.3. The fourth-order valence-corrected chi connectivity index (χ4v) is 2.92. The van der Waals surface area contributed by atoms with Crippen LogP contribution < -0.4 is 4.74 Å². The van der Waals surface area contributed by atoms with E-state index in [4.69, 9.17) is 9.47 Å². The Hall–Kier alpha value is -2.56. The monoisotopic (exact) mass is 312 g/mol. The lowest BCUT2D eigenvalue weighted by Gasteiger charge is -2.08. The average Bonchev–Trinajstić information content (AvgIpc) is 2.92. The van der Waals surface area contributed by atoms with Gasteiger partial charge in [0.25, 0.3) is 0 Å². The van der Waals surface area contributed by atoms with Gasteiger partial charge in [-0.1, -0.05) is 6.92 Å². The van der Waals surface area contributed by atoms with Gasteiger partial charge in [0.1, 0.15) is 5.75 Å². The minimum Gasteiger partial charge on any atom is -0.494 e. The number of carbonyl (C=O) groups is 1. The maximum absolute atomic E-state index is 12.2. The summed E-state index contributed by atoms with van der Waals surface area (Å²) in [6.07, 6.45) is 2.39. The van der Waals surface area contributed by atoms with Gasteiger partial charge in [0.2, 0.25) is 0 Å². The predicted octanol–water partition coefficient (Wildman–Crippen LogP) is 3.85. The zero-order valence-corrected chi connectivity index (χ0v) is 13.6. The zero-order chi connectivity index (χ0) is 16.4. The Balaban J connectivity index is 2.28. The molecule has 2 heterocycles. The number of hydrogen-bond donors (Lipinski definition) is 1. The number of ether oxygens (including phenoxy) is 2. The largest absolute Gasteiger partial charge is 0.494 e. The minimum absolute atomic E-state index is 0.337. The summed E-state index contributed by atoms with van der Waals surface area (Å²) >= 11 is 0. The number of nitrogens with one attached hydrogen (secondary N) is 1. The summed E-state index contributed by atoms with van der Waals surface area (Å²) in [4.78, 5) is 19.8. The van der Waals surface area contributed by atoms with E-state index in [1.165, 1.54) is 0 Å². The van der Waals surface area contributed by atoms with E-state index in [1.807, 2.05) is 32.0 Å². The Morgan fingerprint density at radius 1 is 1.17 bits per heavy atom. The minimum atomic E-state index is -0.374. The van der Waals surface area contributed by atoms with Gasteiger partial charge in [0, 0.05) is 16.3 Å². The maximum atomic E-state index is 12.2. The van der Waals surface area contributed by atoms with E-state index in [1.54, 1.807) is 13.1 Å². The first-order valence-corrected chi connectivity index (χ1v) is 7.92. The zero-order valence-electron chi connectivity index (χ0n) is 13.6. The topological polar surface area (TPSA) is 64.2 Å². The molecule has 0 spiro atoms. The Morgan fingerprint density at radius 3 is 2.70 bits per heavy atom. The molecule has 0 radical (unpaired) electrons. The van der Waals surface area contributed by atoms with Crippen LogP contribution in [0.5, 0.6) is 5.75 Å². The third-order valence-corrected chi connectivity index (χ3v) is 3.84. The van der Waals surface area contributed by atoms with Crippen molar-refractivity contribution in [3.8, 4) is 5.75 Å². The van der Waals surface area contributed by atoms with E-state index < -0.39 is 0 Å². The fourth-order valence-electron chi connectivity index (χ4n) is 2.92. The van der Waals surface area contributed by atoms with Gasteiger partial charge < -0.3 is 14.5 Å². The van der Waals surface area contributed by atoms with Crippen molar-refractivity contribution in [3.05, 3.63) is 35.7 Å². The molecule has 0 atom stereocenters. The Morgan fingerprint density at radius 2 is 2.00 bits per heavy atom. The van der Waals surface area contributed by atoms with Crippen molar-refractivity contribution in [3.63, 3.8) is 0 Å². The second kappa shape index (κ2) is 6.28. The Labute approximate surface area is 134 Å². The molecule has 5 nitrogen and oxygen atoms in total. The van der Waals surface area contributed by atoms with Crippen molar-refractivity contribution in [2.45, 2.75) is 27.2 Å². The van der Waals surface area contributed by atoms with Crippen molar-refractivity contribution in [1.82, 2.24) is 9.97 Å². The van der Waals surface area contributed by atoms with Crippen LogP contribution in [0.4, 0.5) is 0 Å². The highest BCUT2D eigenvalue weighted by molar-refractivity contribution is 6.11. The van der Waals surface area contributed by atoms with Crippen LogP contribution in [0.3, 0.4) is 0 Å². The Bertz CT molecular complexity index is 867. The summed E-state index contributed by atoms with van der Waals surface area (Å²) in [5, 5.41) is 2.05. The number of hydrogen-bond acceptors (Lipinski definition) is 4. The van der Waals surface area contributed by atoms with Gasteiger partial charge in [0.05, 0.1) is 24.9 Å². The number of rotatable bonds is 5. The first-order chi connectivity index (χ1) is 11.2. The summed E-state index contributed by atoms with van der Waals surface area (Å²) < 4.78 is 10.7. The lowest BCUT2D eigenvalue weighted by molar-refractivity contribution is 0.0518. The molecule has 0 saturated heterocycles. The maximum Gasteiger partial charge on any atom is 0.357 e. The molecule has 0 unspecified atom stereocenters. The van der Waals surface area contributed by atoms with Crippen LogP contribution in [0.2, 0.25) is 0 Å². The number of H-pyrrole nitrogens is 1.